The SMILES string of the molecule is CC(Cl)CCN(C)c1ccc(S(C)(=O)=O)cc1. The van der Waals surface area contributed by atoms with E-state index in [1.165, 1.54) is 6.26 Å². The second-order valence-electron chi connectivity index (χ2n) is 4.26. The van der Waals surface area contributed by atoms with Crippen molar-refractivity contribution in [1.29, 1.82) is 0 Å². The number of hydrogen-bond acceptors (Lipinski definition) is 3. The highest BCUT2D eigenvalue weighted by molar-refractivity contribution is 7.90. The van der Waals surface area contributed by atoms with Crippen molar-refractivity contribution in [3.8, 4) is 0 Å². The summed E-state index contributed by atoms with van der Waals surface area (Å²) >= 11 is 5.89. The number of halogens is 1. The van der Waals surface area contributed by atoms with Gasteiger partial charge in [-0.1, -0.05) is 0 Å². The second-order valence-corrected chi connectivity index (χ2v) is 7.02. The van der Waals surface area contributed by atoms with E-state index in [9.17, 15) is 8.42 Å². The molecule has 0 radical (unpaired) electrons. The third-order valence-electron chi connectivity index (χ3n) is 2.57. The van der Waals surface area contributed by atoms with Gasteiger partial charge in [0.25, 0.3) is 0 Å². The predicted octanol–water partition coefficient (Wildman–Crippen LogP) is 2.54. The number of benzene rings is 1. The Hall–Kier alpha value is -0.740. The van der Waals surface area contributed by atoms with Gasteiger partial charge in [-0.05, 0) is 37.6 Å². The molecule has 0 amide bonds. The van der Waals surface area contributed by atoms with Crippen LogP contribution in [0.25, 0.3) is 0 Å². The first-order chi connectivity index (χ1) is 7.80. The first kappa shape index (κ1) is 14.3. The van der Waals surface area contributed by atoms with Crippen LogP contribution in [0, 0.1) is 0 Å². The van der Waals surface area contributed by atoms with Crippen LogP contribution in [0.1, 0.15) is 13.3 Å². The molecule has 0 heterocycles. The molecular weight excluding hydrogens is 258 g/mol. The molecule has 1 unspecified atom stereocenters. The number of hydrogen-bond donors (Lipinski definition) is 0. The normalized spacial score (nSPS) is 13.4. The summed E-state index contributed by atoms with van der Waals surface area (Å²) in [5.41, 5.74) is 0.995. The Kier molecular flexibility index (Phi) is 4.83. The summed E-state index contributed by atoms with van der Waals surface area (Å²) in [6.45, 7) is 2.81. The van der Waals surface area contributed by atoms with Crippen LogP contribution in [-0.4, -0.2) is 33.6 Å². The maximum Gasteiger partial charge on any atom is 0.175 e. The van der Waals surface area contributed by atoms with Gasteiger partial charge < -0.3 is 4.90 Å². The van der Waals surface area contributed by atoms with Crippen LogP contribution < -0.4 is 4.90 Å². The van der Waals surface area contributed by atoms with Gasteiger partial charge >= 0.3 is 0 Å². The first-order valence-electron chi connectivity index (χ1n) is 5.46. The predicted molar refractivity (Wildman–Crippen MR) is 72.8 cm³/mol. The zero-order chi connectivity index (χ0) is 13.1. The van der Waals surface area contributed by atoms with Crippen LogP contribution in [0.4, 0.5) is 5.69 Å². The van der Waals surface area contributed by atoms with Crippen molar-refractivity contribution in [2.45, 2.75) is 23.6 Å². The first-order valence-corrected chi connectivity index (χ1v) is 7.79. The third kappa shape index (κ3) is 4.56. The summed E-state index contributed by atoms with van der Waals surface area (Å²) in [5, 5.41) is 0.146. The monoisotopic (exact) mass is 275 g/mol. The van der Waals surface area contributed by atoms with Crippen LogP contribution in [0.2, 0.25) is 0 Å². The Labute approximate surface area is 108 Å². The Morgan fingerprint density at radius 2 is 1.82 bits per heavy atom. The summed E-state index contributed by atoms with van der Waals surface area (Å²) < 4.78 is 22.6. The Bertz CT molecular complexity index is 454. The molecule has 0 aliphatic heterocycles. The van der Waals surface area contributed by atoms with Gasteiger partial charge in [-0.25, -0.2) is 8.42 Å². The molecule has 0 saturated carbocycles. The van der Waals surface area contributed by atoms with Crippen LogP contribution in [0.5, 0.6) is 0 Å². The minimum atomic E-state index is -3.11. The number of rotatable bonds is 5. The summed E-state index contributed by atoms with van der Waals surface area (Å²) in [5.74, 6) is 0. The van der Waals surface area contributed by atoms with E-state index in [0.29, 0.717) is 4.90 Å². The van der Waals surface area contributed by atoms with E-state index in [-0.39, 0.29) is 5.38 Å². The number of sulfone groups is 1. The lowest BCUT2D eigenvalue weighted by Crippen LogP contribution is -2.20. The molecule has 1 rings (SSSR count). The molecule has 1 aromatic carbocycles. The molecule has 5 heteroatoms. The van der Waals surface area contributed by atoms with Crippen LogP contribution in [0.15, 0.2) is 29.2 Å². The lowest BCUT2D eigenvalue weighted by Gasteiger charge is -2.20. The highest BCUT2D eigenvalue weighted by Crippen LogP contribution is 2.17. The lowest BCUT2D eigenvalue weighted by molar-refractivity contribution is 0.602. The van der Waals surface area contributed by atoms with E-state index >= 15 is 0 Å². The second kappa shape index (κ2) is 5.74. The summed E-state index contributed by atoms with van der Waals surface area (Å²) in [6.07, 6.45) is 2.10. The van der Waals surface area contributed by atoms with Crippen molar-refractivity contribution in [2.24, 2.45) is 0 Å². The molecular formula is C12H18ClNO2S. The summed E-state index contributed by atoms with van der Waals surface area (Å²) in [7, 11) is -1.14. The molecule has 17 heavy (non-hydrogen) atoms. The van der Waals surface area contributed by atoms with E-state index in [4.69, 9.17) is 11.6 Å². The van der Waals surface area contributed by atoms with E-state index in [1.807, 2.05) is 26.1 Å². The standard InChI is InChI=1S/C12H18ClNO2S/c1-10(13)8-9-14(2)11-4-6-12(7-5-11)17(3,15)16/h4-7,10H,8-9H2,1-3H3. The van der Waals surface area contributed by atoms with E-state index < -0.39 is 9.84 Å². The van der Waals surface area contributed by atoms with Gasteiger partial charge in [0.15, 0.2) is 9.84 Å². The number of anilines is 1. The van der Waals surface area contributed by atoms with Crippen molar-refractivity contribution in [3.63, 3.8) is 0 Å². The van der Waals surface area contributed by atoms with Crippen molar-refractivity contribution in [1.82, 2.24) is 0 Å². The van der Waals surface area contributed by atoms with Crippen molar-refractivity contribution < 1.29 is 8.42 Å². The largest absolute Gasteiger partial charge is 0.375 e. The fourth-order valence-corrected chi connectivity index (χ4v) is 2.18. The summed E-state index contributed by atoms with van der Waals surface area (Å²) in [6, 6.07) is 6.89. The van der Waals surface area contributed by atoms with Gasteiger partial charge in [-0.2, -0.15) is 0 Å². The highest BCUT2D eigenvalue weighted by Gasteiger charge is 2.08. The quantitative estimate of drug-likeness (QED) is 0.775. The van der Waals surface area contributed by atoms with Gasteiger partial charge in [0.05, 0.1) is 4.90 Å². The Balaban J connectivity index is 2.74. The van der Waals surface area contributed by atoms with Gasteiger partial charge in [0.2, 0.25) is 0 Å². The molecule has 0 N–H and O–H groups in total. The average Bonchev–Trinajstić information content (AvgIpc) is 2.25. The molecule has 0 saturated heterocycles. The molecule has 0 spiro atoms. The molecule has 0 bridgehead atoms. The van der Waals surface area contributed by atoms with E-state index in [0.717, 1.165) is 18.7 Å². The minimum absolute atomic E-state index is 0.146. The van der Waals surface area contributed by atoms with Gasteiger partial charge in [-0.15, -0.1) is 11.6 Å². The average molecular weight is 276 g/mol. The van der Waals surface area contributed by atoms with Crippen molar-refractivity contribution in [3.05, 3.63) is 24.3 Å². The fourth-order valence-electron chi connectivity index (χ4n) is 1.45. The molecule has 0 aliphatic rings. The molecule has 0 fully saturated rings. The molecule has 96 valence electrons. The maximum atomic E-state index is 11.3. The van der Waals surface area contributed by atoms with Crippen LogP contribution in [-0.2, 0) is 9.84 Å². The smallest absolute Gasteiger partial charge is 0.175 e. The zero-order valence-electron chi connectivity index (χ0n) is 10.4. The number of alkyl halides is 1. The molecule has 0 aliphatic carbocycles. The molecule has 1 atom stereocenters. The molecule has 3 nitrogen and oxygen atoms in total. The van der Waals surface area contributed by atoms with Crippen molar-refractivity contribution >= 4 is 27.1 Å². The third-order valence-corrected chi connectivity index (χ3v) is 3.91. The van der Waals surface area contributed by atoms with Gasteiger partial charge in [0.1, 0.15) is 0 Å². The Morgan fingerprint density at radius 1 is 1.29 bits per heavy atom. The van der Waals surface area contributed by atoms with Gasteiger partial charge in [0, 0.05) is 30.9 Å². The molecule has 1 aromatic rings. The maximum absolute atomic E-state index is 11.3. The lowest BCUT2D eigenvalue weighted by atomic mass is 10.2. The van der Waals surface area contributed by atoms with Crippen LogP contribution >= 0.6 is 11.6 Å². The highest BCUT2D eigenvalue weighted by atomic mass is 35.5. The van der Waals surface area contributed by atoms with Crippen LogP contribution in [0.3, 0.4) is 0 Å². The fraction of sp³-hybridized carbons (Fsp3) is 0.500. The topological polar surface area (TPSA) is 37.4 Å². The van der Waals surface area contributed by atoms with E-state index in [1.54, 1.807) is 12.1 Å². The van der Waals surface area contributed by atoms with Gasteiger partial charge in [-0.3, -0.25) is 0 Å². The molecule has 0 aromatic heterocycles. The van der Waals surface area contributed by atoms with Crippen molar-refractivity contribution in [2.75, 3.05) is 24.7 Å². The zero-order valence-corrected chi connectivity index (χ0v) is 11.9. The summed E-state index contributed by atoms with van der Waals surface area (Å²) in [4.78, 5) is 2.41. The number of nitrogens with zero attached hydrogens (tertiary/aromatic N) is 1. The van der Waals surface area contributed by atoms with E-state index in [2.05, 4.69) is 4.90 Å². The minimum Gasteiger partial charge on any atom is -0.375 e. The Morgan fingerprint density at radius 3 is 2.24 bits per heavy atom.